The van der Waals surface area contributed by atoms with Crippen LogP contribution in [0, 0.1) is 0 Å². The van der Waals surface area contributed by atoms with Crippen molar-refractivity contribution in [2.75, 3.05) is 10.6 Å². The van der Waals surface area contributed by atoms with Crippen molar-refractivity contribution < 1.29 is 8.42 Å². The van der Waals surface area contributed by atoms with Crippen LogP contribution in [-0.2, 0) is 10.0 Å². The third-order valence-electron chi connectivity index (χ3n) is 2.11. The van der Waals surface area contributed by atoms with E-state index in [1.807, 2.05) is 4.83 Å². The summed E-state index contributed by atoms with van der Waals surface area (Å²) in [5.41, 5.74) is 5.34. The Bertz CT molecular complexity index is 706. The highest BCUT2D eigenvalue weighted by molar-refractivity contribution is 7.92. The first-order valence-corrected chi connectivity index (χ1v) is 6.40. The molecule has 0 aliphatic heterocycles. The molecule has 1 aromatic heterocycles. The van der Waals surface area contributed by atoms with Crippen molar-refractivity contribution in [3.05, 3.63) is 52.9 Å². The Labute approximate surface area is 103 Å². The van der Waals surface area contributed by atoms with Crippen LogP contribution in [0.2, 0.25) is 0 Å². The Morgan fingerprint density at radius 3 is 2.44 bits per heavy atom. The average Bonchev–Trinajstić information content (AvgIpc) is 2.32. The van der Waals surface area contributed by atoms with E-state index >= 15 is 0 Å². The fraction of sp³-hybridized carbons (Fsp3) is 0. The molecule has 18 heavy (non-hydrogen) atoms. The van der Waals surface area contributed by atoms with Crippen LogP contribution in [0.15, 0.2) is 52.3 Å². The molecule has 8 heteroatoms. The van der Waals surface area contributed by atoms with Gasteiger partial charge in [0.1, 0.15) is 0 Å². The third kappa shape index (κ3) is 2.48. The zero-order chi connectivity index (χ0) is 13.2. The van der Waals surface area contributed by atoms with Crippen LogP contribution in [0.5, 0.6) is 0 Å². The number of aromatic nitrogens is 2. The summed E-state index contributed by atoms with van der Waals surface area (Å²) in [6.07, 6.45) is 1.30. The summed E-state index contributed by atoms with van der Waals surface area (Å²) in [6, 6.07) is 8.19. The molecule has 0 amide bonds. The van der Waals surface area contributed by atoms with Crippen LogP contribution in [0.3, 0.4) is 0 Å². The summed E-state index contributed by atoms with van der Waals surface area (Å²) >= 11 is 0. The minimum atomic E-state index is -3.86. The van der Waals surface area contributed by atoms with Gasteiger partial charge in [0.15, 0.2) is 0 Å². The molecule has 0 aliphatic carbocycles. The van der Waals surface area contributed by atoms with Gasteiger partial charge in [0.05, 0.1) is 4.90 Å². The van der Waals surface area contributed by atoms with E-state index in [4.69, 9.17) is 5.73 Å². The van der Waals surface area contributed by atoms with E-state index in [1.54, 1.807) is 0 Å². The molecule has 0 fully saturated rings. The molecule has 3 N–H and O–H groups in total. The lowest BCUT2D eigenvalue weighted by Gasteiger charge is -2.08. The Hall–Kier alpha value is -2.35. The monoisotopic (exact) mass is 266 g/mol. The van der Waals surface area contributed by atoms with Gasteiger partial charge in [0, 0.05) is 18.0 Å². The predicted octanol–water partition coefficient (Wildman–Crippen LogP) is -0.242. The molecule has 1 aromatic carbocycles. The number of hydrogen-bond donors (Lipinski definition) is 2. The number of rotatable bonds is 3. The van der Waals surface area contributed by atoms with Gasteiger partial charge in [-0.15, -0.1) is 4.79 Å². The molecular weight excluding hydrogens is 256 g/mol. The van der Waals surface area contributed by atoms with Gasteiger partial charge >= 0.3 is 0 Å². The predicted molar refractivity (Wildman–Crippen MR) is 65.9 cm³/mol. The quantitative estimate of drug-likeness (QED) is 0.745. The standard InChI is InChI=1S/C10H10N4O3S/c11-8-3-5-9(6-4-8)18(16,17)13-14-10(15)2-1-7-12-14/h1-7,13H,11H2. The molecule has 0 radical (unpaired) electrons. The smallest absolute Gasteiger partial charge is 0.286 e. The SMILES string of the molecule is Nc1ccc(S(=O)(=O)Nn2ncccc2=O)cc1. The van der Waals surface area contributed by atoms with Gasteiger partial charge in [0.25, 0.3) is 15.6 Å². The molecule has 1 heterocycles. The lowest BCUT2D eigenvalue weighted by molar-refractivity contribution is 0.589. The Morgan fingerprint density at radius 1 is 1.17 bits per heavy atom. The first-order chi connectivity index (χ1) is 8.49. The minimum Gasteiger partial charge on any atom is -0.399 e. The lowest BCUT2D eigenvalue weighted by Crippen LogP contribution is -2.34. The molecule has 0 bridgehead atoms. The third-order valence-corrected chi connectivity index (χ3v) is 3.42. The van der Waals surface area contributed by atoms with Crippen molar-refractivity contribution in [2.45, 2.75) is 4.90 Å². The topological polar surface area (TPSA) is 107 Å². The van der Waals surface area contributed by atoms with Gasteiger partial charge in [-0.05, 0) is 30.3 Å². The second kappa shape index (κ2) is 4.49. The normalized spacial score (nSPS) is 11.1. The molecule has 0 saturated heterocycles. The summed E-state index contributed by atoms with van der Waals surface area (Å²) in [5.74, 6) is 0. The van der Waals surface area contributed by atoms with Crippen molar-refractivity contribution >= 4 is 15.7 Å². The Morgan fingerprint density at radius 2 is 1.83 bits per heavy atom. The van der Waals surface area contributed by atoms with Crippen LogP contribution in [0.25, 0.3) is 0 Å². The number of nitrogens with one attached hydrogen (secondary N) is 1. The molecule has 94 valence electrons. The summed E-state index contributed by atoms with van der Waals surface area (Å²) in [7, 11) is -3.86. The van der Waals surface area contributed by atoms with Crippen LogP contribution in [-0.4, -0.2) is 18.3 Å². The summed E-state index contributed by atoms with van der Waals surface area (Å²) in [4.78, 5) is 14.0. The molecule has 0 saturated carbocycles. The molecular formula is C10H10N4O3S. The molecule has 2 rings (SSSR count). The lowest BCUT2D eigenvalue weighted by atomic mass is 10.3. The van der Waals surface area contributed by atoms with Crippen LogP contribution < -0.4 is 16.1 Å². The maximum absolute atomic E-state index is 11.9. The van der Waals surface area contributed by atoms with Crippen molar-refractivity contribution in [1.82, 2.24) is 9.89 Å². The van der Waals surface area contributed by atoms with E-state index in [-0.39, 0.29) is 4.90 Å². The number of hydrogen-bond acceptors (Lipinski definition) is 5. The second-order valence-electron chi connectivity index (χ2n) is 3.44. The van der Waals surface area contributed by atoms with Gasteiger partial charge in [0.2, 0.25) is 0 Å². The number of nitrogens with two attached hydrogens (primary N) is 1. The van der Waals surface area contributed by atoms with Crippen LogP contribution in [0.4, 0.5) is 5.69 Å². The fourth-order valence-electron chi connectivity index (χ4n) is 1.24. The first kappa shape index (κ1) is 12.1. The van der Waals surface area contributed by atoms with E-state index in [1.165, 1.54) is 42.6 Å². The van der Waals surface area contributed by atoms with Gasteiger partial charge in [-0.2, -0.15) is 18.3 Å². The Kier molecular flexibility index (Phi) is 3.02. The number of benzene rings is 1. The van der Waals surface area contributed by atoms with Crippen molar-refractivity contribution in [2.24, 2.45) is 0 Å². The number of nitrogens with zero attached hydrogens (tertiary/aromatic N) is 2. The van der Waals surface area contributed by atoms with E-state index < -0.39 is 15.6 Å². The van der Waals surface area contributed by atoms with Gasteiger partial charge in [-0.25, -0.2) is 0 Å². The molecule has 0 atom stereocenters. The number of nitrogen functional groups attached to an aromatic ring is 1. The molecule has 0 spiro atoms. The number of sulfonamides is 1. The summed E-state index contributed by atoms with van der Waals surface area (Å²) in [6.45, 7) is 0. The van der Waals surface area contributed by atoms with Gasteiger partial charge < -0.3 is 5.73 Å². The number of anilines is 1. The van der Waals surface area contributed by atoms with E-state index in [0.29, 0.717) is 10.5 Å². The second-order valence-corrected chi connectivity index (χ2v) is 5.10. The van der Waals surface area contributed by atoms with Crippen LogP contribution >= 0.6 is 0 Å². The minimum absolute atomic E-state index is 0.00532. The molecule has 7 nitrogen and oxygen atoms in total. The summed E-state index contributed by atoms with van der Waals surface area (Å²) < 4.78 is 23.8. The van der Waals surface area contributed by atoms with Gasteiger partial charge in [-0.3, -0.25) is 4.79 Å². The van der Waals surface area contributed by atoms with Crippen molar-refractivity contribution in [3.63, 3.8) is 0 Å². The highest BCUT2D eigenvalue weighted by Gasteiger charge is 2.14. The van der Waals surface area contributed by atoms with E-state index in [0.717, 1.165) is 0 Å². The maximum atomic E-state index is 11.9. The van der Waals surface area contributed by atoms with E-state index in [2.05, 4.69) is 5.10 Å². The molecule has 2 aromatic rings. The van der Waals surface area contributed by atoms with E-state index in [9.17, 15) is 13.2 Å². The largest absolute Gasteiger partial charge is 0.399 e. The zero-order valence-corrected chi connectivity index (χ0v) is 9.96. The fourth-order valence-corrected chi connectivity index (χ4v) is 2.20. The maximum Gasteiger partial charge on any atom is 0.286 e. The first-order valence-electron chi connectivity index (χ1n) is 4.92. The molecule has 0 aliphatic rings. The highest BCUT2D eigenvalue weighted by atomic mass is 32.2. The Balaban J connectivity index is 2.36. The average molecular weight is 266 g/mol. The van der Waals surface area contributed by atoms with Gasteiger partial charge in [-0.1, -0.05) is 0 Å². The van der Waals surface area contributed by atoms with Crippen molar-refractivity contribution in [1.29, 1.82) is 0 Å². The molecule has 0 unspecified atom stereocenters. The van der Waals surface area contributed by atoms with Crippen molar-refractivity contribution in [3.8, 4) is 0 Å². The van der Waals surface area contributed by atoms with Crippen LogP contribution in [0.1, 0.15) is 0 Å². The summed E-state index contributed by atoms with van der Waals surface area (Å²) in [5, 5.41) is 3.60. The highest BCUT2D eigenvalue weighted by Crippen LogP contribution is 2.11. The zero-order valence-electron chi connectivity index (χ0n) is 9.15.